The standard InChI is InChI=1S/C28H38N4O2/c1-28(2,29)27(34)30-25(15-9-12-20-10-5-3-6-11-20)26(33)31-32-23-16-17-24(32)19-22(18-23)21-13-7-4-8-14-21/h3-8,10-11,13-14,22-25H,9,12,15-19,29H2,1-2H3,(H,30,34)(H,31,33). The summed E-state index contributed by atoms with van der Waals surface area (Å²) in [7, 11) is 0. The van der Waals surface area contributed by atoms with Gasteiger partial charge in [-0.05, 0) is 75.8 Å². The molecule has 182 valence electrons. The van der Waals surface area contributed by atoms with Gasteiger partial charge in [0.25, 0.3) is 5.91 Å². The quantitative estimate of drug-likeness (QED) is 0.531. The van der Waals surface area contributed by atoms with Gasteiger partial charge in [-0.15, -0.1) is 0 Å². The van der Waals surface area contributed by atoms with Crippen LogP contribution in [0.1, 0.15) is 69.4 Å². The normalized spacial score (nSPS) is 23.3. The molecule has 0 spiro atoms. The number of nitrogens with two attached hydrogens (primary N) is 1. The van der Waals surface area contributed by atoms with E-state index >= 15 is 0 Å². The Labute approximate surface area is 203 Å². The van der Waals surface area contributed by atoms with Crippen molar-refractivity contribution in [2.45, 2.75) is 88.4 Å². The number of benzene rings is 2. The minimum Gasteiger partial charge on any atom is -0.343 e. The zero-order valence-corrected chi connectivity index (χ0v) is 20.4. The van der Waals surface area contributed by atoms with E-state index in [2.05, 4.69) is 58.2 Å². The summed E-state index contributed by atoms with van der Waals surface area (Å²) in [6, 6.07) is 21.0. The number of hydrazine groups is 1. The number of hydrogen-bond donors (Lipinski definition) is 3. The van der Waals surface area contributed by atoms with Crippen LogP contribution in [0.3, 0.4) is 0 Å². The van der Waals surface area contributed by atoms with Crippen LogP contribution in [0.5, 0.6) is 0 Å². The minimum atomic E-state index is -1.04. The van der Waals surface area contributed by atoms with E-state index in [0.29, 0.717) is 24.4 Å². The number of piperidine rings is 1. The fraction of sp³-hybridized carbons (Fsp3) is 0.500. The van der Waals surface area contributed by atoms with Gasteiger partial charge in [0, 0.05) is 12.1 Å². The number of aryl methyl sites for hydroxylation is 1. The zero-order valence-electron chi connectivity index (χ0n) is 20.4. The Balaban J connectivity index is 1.39. The lowest BCUT2D eigenvalue weighted by atomic mass is 9.86. The molecule has 2 aromatic carbocycles. The van der Waals surface area contributed by atoms with E-state index in [-0.39, 0.29) is 11.8 Å². The Bertz CT molecular complexity index is 943. The van der Waals surface area contributed by atoms with E-state index in [0.717, 1.165) is 38.5 Å². The Morgan fingerprint density at radius 1 is 1.00 bits per heavy atom. The zero-order chi connectivity index (χ0) is 24.1. The van der Waals surface area contributed by atoms with E-state index in [1.165, 1.54) is 11.1 Å². The molecule has 2 aliphatic heterocycles. The van der Waals surface area contributed by atoms with Gasteiger partial charge in [0.2, 0.25) is 5.91 Å². The molecule has 6 heteroatoms. The lowest BCUT2D eigenvalue weighted by molar-refractivity contribution is -0.135. The van der Waals surface area contributed by atoms with E-state index in [1.54, 1.807) is 13.8 Å². The van der Waals surface area contributed by atoms with Crippen molar-refractivity contribution in [3.63, 3.8) is 0 Å². The van der Waals surface area contributed by atoms with Crippen LogP contribution in [0, 0.1) is 0 Å². The van der Waals surface area contributed by atoms with Gasteiger partial charge >= 0.3 is 0 Å². The van der Waals surface area contributed by atoms with Crippen molar-refractivity contribution in [3.05, 3.63) is 71.8 Å². The smallest absolute Gasteiger partial charge is 0.256 e. The van der Waals surface area contributed by atoms with Crippen molar-refractivity contribution in [1.82, 2.24) is 15.8 Å². The summed E-state index contributed by atoms with van der Waals surface area (Å²) in [5, 5.41) is 5.09. The second-order valence-corrected chi connectivity index (χ2v) is 10.5. The van der Waals surface area contributed by atoms with Gasteiger partial charge in [0.15, 0.2) is 0 Å². The number of carbonyl (C=O) groups is 2. The third-order valence-electron chi connectivity index (χ3n) is 7.25. The highest BCUT2D eigenvalue weighted by Gasteiger charge is 2.42. The fourth-order valence-corrected chi connectivity index (χ4v) is 5.33. The second-order valence-electron chi connectivity index (χ2n) is 10.5. The molecule has 0 aromatic heterocycles. The number of amides is 2. The summed E-state index contributed by atoms with van der Waals surface area (Å²) in [6.45, 7) is 3.33. The number of nitrogens with one attached hydrogen (secondary N) is 2. The molecule has 4 N–H and O–H groups in total. The average Bonchev–Trinajstić information content (AvgIpc) is 3.05. The Morgan fingerprint density at radius 2 is 1.59 bits per heavy atom. The van der Waals surface area contributed by atoms with Crippen molar-refractivity contribution in [1.29, 1.82) is 0 Å². The number of rotatable bonds is 9. The second kappa shape index (κ2) is 10.7. The highest BCUT2D eigenvalue weighted by molar-refractivity contribution is 5.91. The van der Waals surface area contributed by atoms with Crippen molar-refractivity contribution in [2.24, 2.45) is 5.73 Å². The number of carbonyl (C=O) groups excluding carboxylic acids is 2. The molecule has 34 heavy (non-hydrogen) atoms. The van der Waals surface area contributed by atoms with Crippen LogP contribution >= 0.6 is 0 Å². The number of fused-ring (bicyclic) bond motifs is 2. The number of nitrogens with zero attached hydrogens (tertiary/aromatic N) is 1. The summed E-state index contributed by atoms with van der Waals surface area (Å²) in [6.07, 6.45) is 6.50. The van der Waals surface area contributed by atoms with Crippen LogP contribution in [0.15, 0.2) is 60.7 Å². The van der Waals surface area contributed by atoms with Crippen LogP contribution < -0.4 is 16.5 Å². The first-order valence-electron chi connectivity index (χ1n) is 12.6. The van der Waals surface area contributed by atoms with E-state index in [4.69, 9.17) is 5.73 Å². The lowest BCUT2D eigenvalue weighted by Crippen LogP contribution is -2.60. The maximum atomic E-state index is 13.4. The van der Waals surface area contributed by atoms with Crippen molar-refractivity contribution < 1.29 is 9.59 Å². The van der Waals surface area contributed by atoms with Gasteiger partial charge < -0.3 is 11.1 Å². The molecule has 2 bridgehead atoms. The van der Waals surface area contributed by atoms with Crippen molar-refractivity contribution in [3.8, 4) is 0 Å². The molecule has 0 saturated carbocycles. The predicted octanol–water partition coefficient (Wildman–Crippen LogP) is 3.67. The maximum Gasteiger partial charge on any atom is 0.256 e. The third-order valence-corrected chi connectivity index (χ3v) is 7.25. The molecule has 2 saturated heterocycles. The molecule has 2 heterocycles. The number of hydrogen-bond acceptors (Lipinski definition) is 4. The van der Waals surface area contributed by atoms with Crippen LogP contribution in [-0.2, 0) is 16.0 Å². The topological polar surface area (TPSA) is 87.5 Å². The molecular formula is C28H38N4O2. The van der Waals surface area contributed by atoms with Crippen LogP contribution in [0.25, 0.3) is 0 Å². The molecule has 2 fully saturated rings. The molecule has 0 radical (unpaired) electrons. The van der Waals surface area contributed by atoms with Gasteiger partial charge in [-0.25, -0.2) is 5.01 Å². The molecule has 2 amide bonds. The van der Waals surface area contributed by atoms with Crippen LogP contribution in [0.4, 0.5) is 0 Å². The predicted molar refractivity (Wildman–Crippen MR) is 135 cm³/mol. The van der Waals surface area contributed by atoms with Gasteiger partial charge in [-0.1, -0.05) is 60.7 Å². The Morgan fingerprint density at radius 3 is 2.18 bits per heavy atom. The average molecular weight is 463 g/mol. The lowest BCUT2D eigenvalue weighted by Gasteiger charge is -2.39. The van der Waals surface area contributed by atoms with Crippen LogP contribution in [0.2, 0.25) is 0 Å². The van der Waals surface area contributed by atoms with Gasteiger partial charge in [0.05, 0.1) is 5.54 Å². The molecule has 6 nitrogen and oxygen atoms in total. The molecule has 2 aromatic rings. The van der Waals surface area contributed by atoms with Crippen molar-refractivity contribution >= 4 is 11.8 Å². The monoisotopic (exact) mass is 462 g/mol. The SMILES string of the molecule is CC(C)(N)C(=O)NC(CCCc1ccccc1)C(=O)NN1C2CCC1CC(c1ccccc1)C2. The van der Waals surface area contributed by atoms with Gasteiger partial charge in [-0.3, -0.25) is 15.0 Å². The van der Waals surface area contributed by atoms with Crippen molar-refractivity contribution in [2.75, 3.05) is 0 Å². The highest BCUT2D eigenvalue weighted by atomic mass is 16.2. The minimum absolute atomic E-state index is 0.138. The molecule has 3 unspecified atom stereocenters. The molecule has 4 rings (SSSR count). The Hall–Kier alpha value is -2.70. The van der Waals surface area contributed by atoms with E-state index < -0.39 is 11.6 Å². The maximum absolute atomic E-state index is 13.4. The van der Waals surface area contributed by atoms with Gasteiger partial charge in [0.1, 0.15) is 6.04 Å². The van der Waals surface area contributed by atoms with E-state index in [1.807, 2.05) is 18.2 Å². The summed E-state index contributed by atoms with van der Waals surface area (Å²) in [5.74, 6) is 0.0881. The Kier molecular flexibility index (Phi) is 7.69. The fourth-order valence-electron chi connectivity index (χ4n) is 5.33. The molecule has 2 aliphatic rings. The van der Waals surface area contributed by atoms with Crippen LogP contribution in [-0.4, -0.2) is 40.5 Å². The highest BCUT2D eigenvalue weighted by Crippen LogP contribution is 2.42. The summed E-state index contributed by atoms with van der Waals surface area (Å²) < 4.78 is 0. The van der Waals surface area contributed by atoms with E-state index in [9.17, 15) is 9.59 Å². The molecular weight excluding hydrogens is 424 g/mol. The summed E-state index contributed by atoms with van der Waals surface area (Å²) in [4.78, 5) is 26.0. The first kappa shape index (κ1) is 24.4. The third kappa shape index (κ3) is 6.05. The first-order valence-corrected chi connectivity index (χ1v) is 12.6. The van der Waals surface area contributed by atoms with Gasteiger partial charge in [-0.2, -0.15) is 0 Å². The molecule has 3 atom stereocenters. The first-order chi connectivity index (χ1) is 16.3. The molecule has 0 aliphatic carbocycles. The largest absolute Gasteiger partial charge is 0.343 e. The summed E-state index contributed by atoms with van der Waals surface area (Å²) >= 11 is 0. The summed E-state index contributed by atoms with van der Waals surface area (Å²) in [5.41, 5.74) is 10.8.